The molecule has 1 aromatic carbocycles. The zero-order valence-corrected chi connectivity index (χ0v) is 11.9. The van der Waals surface area contributed by atoms with E-state index in [0.717, 1.165) is 0 Å². The van der Waals surface area contributed by atoms with Crippen molar-refractivity contribution in [1.29, 1.82) is 0 Å². The fraction of sp³-hybridized carbons (Fsp3) is 0.462. The van der Waals surface area contributed by atoms with Crippen LogP contribution in [0.2, 0.25) is 5.02 Å². The minimum absolute atomic E-state index is 0.164. The average Bonchev–Trinajstić information content (AvgIpc) is 2.37. The summed E-state index contributed by atoms with van der Waals surface area (Å²) in [6, 6.07) is 4.72. The highest BCUT2D eigenvalue weighted by molar-refractivity contribution is 6.30. The molecule has 0 aliphatic carbocycles. The molecule has 0 amide bonds. The molecule has 1 rings (SSSR count). The quantitative estimate of drug-likeness (QED) is 0.366. The maximum Gasteiger partial charge on any atom is 0.140 e. The van der Waals surface area contributed by atoms with Gasteiger partial charge in [0.2, 0.25) is 0 Å². The topological polar surface area (TPSA) is 61.8 Å². The highest BCUT2D eigenvalue weighted by atomic mass is 35.5. The second-order valence-corrected chi connectivity index (χ2v) is 5.08. The lowest BCUT2D eigenvalue weighted by Gasteiger charge is -2.26. The average molecular weight is 288 g/mol. The van der Waals surface area contributed by atoms with Crippen LogP contribution < -0.4 is 5.73 Å². The Kier molecular flexibility index (Phi) is 6.05. The van der Waals surface area contributed by atoms with Crippen molar-refractivity contribution in [3.05, 3.63) is 34.6 Å². The lowest BCUT2D eigenvalue weighted by Crippen LogP contribution is -2.33. The summed E-state index contributed by atoms with van der Waals surface area (Å²) in [5, 5.41) is 12.0. The summed E-state index contributed by atoms with van der Waals surface area (Å²) < 4.78 is 13.7. The van der Waals surface area contributed by atoms with Gasteiger partial charge in [0.1, 0.15) is 11.7 Å². The first-order valence-electron chi connectivity index (χ1n) is 6.08. The molecule has 0 atom stereocenters. The second kappa shape index (κ2) is 7.31. The molecule has 0 spiro atoms. The van der Waals surface area contributed by atoms with E-state index in [1.807, 2.05) is 18.7 Å². The van der Waals surface area contributed by atoms with E-state index >= 15 is 0 Å². The van der Waals surface area contributed by atoms with Crippen LogP contribution in [0.4, 0.5) is 4.39 Å². The van der Waals surface area contributed by atoms with Gasteiger partial charge in [-0.3, -0.25) is 4.90 Å². The van der Waals surface area contributed by atoms with Crippen molar-refractivity contribution >= 4 is 17.4 Å². The Labute approximate surface area is 117 Å². The predicted molar refractivity (Wildman–Crippen MR) is 75.0 cm³/mol. The maximum absolute atomic E-state index is 13.7. The number of nitrogens with zero attached hydrogens (tertiary/aromatic N) is 2. The van der Waals surface area contributed by atoms with Crippen LogP contribution in [0.15, 0.2) is 23.4 Å². The van der Waals surface area contributed by atoms with Crippen molar-refractivity contribution in [3.8, 4) is 0 Å². The number of nitrogens with two attached hydrogens (primary N) is 1. The molecule has 0 fully saturated rings. The molecule has 6 heteroatoms. The van der Waals surface area contributed by atoms with Crippen LogP contribution in [0.1, 0.15) is 25.8 Å². The normalized spacial score (nSPS) is 12.4. The van der Waals surface area contributed by atoms with E-state index in [0.29, 0.717) is 30.1 Å². The van der Waals surface area contributed by atoms with Gasteiger partial charge in [-0.15, -0.1) is 0 Å². The first-order valence-corrected chi connectivity index (χ1v) is 6.46. The molecule has 1 aromatic rings. The maximum atomic E-state index is 13.7. The molecule has 0 saturated carbocycles. The van der Waals surface area contributed by atoms with Gasteiger partial charge < -0.3 is 10.9 Å². The van der Waals surface area contributed by atoms with Crippen LogP contribution in [0.25, 0.3) is 0 Å². The van der Waals surface area contributed by atoms with Crippen LogP contribution in [-0.4, -0.2) is 28.5 Å². The van der Waals surface area contributed by atoms with Gasteiger partial charge in [-0.25, -0.2) is 4.39 Å². The summed E-state index contributed by atoms with van der Waals surface area (Å²) in [5.74, 6) is -0.115. The number of halogens is 2. The van der Waals surface area contributed by atoms with Crippen LogP contribution in [0, 0.1) is 5.82 Å². The predicted octanol–water partition coefficient (Wildman–Crippen LogP) is 2.83. The minimum atomic E-state index is -0.279. The van der Waals surface area contributed by atoms with Crippen molar-refractivity contribution in [3.63, 3.8) is 0 Å². The molecule has 0 bridgehead atoms. The van der Waals surface area contributed by atoms with E-state index < -0.39 is 0 Å². The third kappa shape index (κ3) is 5.04. The van der Waals surface area contributed by atoms with E-state index in [2.05, 4.69) is 5.16 Å². The molecule has 106 valence electrons. The number of hydrogen-bond acceptors (Lipinski definition) is 3. The third-order valence-electron chi connectivity index (χ3n) is 2.90. The summed E-state index contributed by atoms with van der Waals surface area (Å²) in [7, 11) is 0. The van der Waals surface area contributed by atoms with Crippen molar-refractivity contribution in [2.45, 2.75) is 32.9 Å². The number of oxime groups is 1. The Bertz CT molecular complexity index is 452. The molecule has 0 unspecified atom stereocenters. The van der Waals surface area contributed by atoms with E-state index in [-0.39, 0.29) is 17.7 Å². The molecule has 0 aliphatic rings. The van der Waals surface area contributed by atoms with Gasteiger partial charge >= 0.3 is 0 Å². The fourth-order valence-electron chi connectivity index (χ4n) is 1.71. The van der Waals surface area contributed by atoms with Crippen molar-refractivity contribution in [2.24, 2.45) is 10.9 Å². The summed E-state index contributed by atoms with van der Waals surface area (Å²) in [5.41, 5.74) is 5.99. The number of hydrogen-bond donors (Lipinski definition) is 2. The summed E-state index contributed by atoms with van der Waals surface area (Å²) in [6.07, 6.45) is 0.427. The van der Waals surface area contributed by atoms with Crippen molar-refractivity contribution < 1.29 is 9.60 Å². The Morgan fingerprint density at radius 1 is 1.53 bits per heavy atom. The number of benzene rings is 1. The largest absolute Gasteiger partial charge is 0.409 e. The van der Waals surface area contributed by atoms with Gasteiger partial charge in [0.15, 0.2) is 0 Å². The molecule has 0 heterocycles. The van der Waals surface area contributed by atoms with Gasteiger partial charge in [0.25, 0.3) is 0 Å². The second-order valence-electron chi connectivity index (χ2n) is 4.64. The fourth-order valence-corrected chi connectivity index (χ4v) is 1.91. The number of amidine groups is 1. The molecule has 4 nitrogen and oxygen atoms in total. The molecule has 0 saturated heterocycles. The first kappa shape index (κ1) is 15.7. The Morgan fingerprint density at radius 3 is 2.79 bits per heavy atom. The lowest BCUT2D eigenvalue weighted by molar-refractivity contribution is 0.215. The molecule has 0 aliphatic heterocycles. The van der Waals surface area contributed by atoms with Crippen molar-refractivity contribution in [2.75, 3.05) is 6.54 Å². The molecule has 0 aromatic heterocycles. The summed E-state index contributed by atoms with van der Waals surface area (Å²) >= 11 is 5.87. The molecular weight excluding hydrogens is 269 g/mol. The van der Waals surface area contributed by atoms with Crippen LogP contribution in [0.5, 0.6) is 0 Å². The zero-order chi connectivity index (χ0) is 14.4. The Morgan fingerprint density at radius 2 is 2.21 bits per heavy atom. The van der Waals surface area contributed by atoms with E-state index in [9.17, 15) is 4.39 Å². The summed E-state index contributed by atoms with van der Waals surface area (Å²) in [6.45, 7) is 5.03. The van der Waals surface area contributed by atoms with Crippen LogP contribution >= 0.6 is 11.6 Å². The van der Waals surface area contributed by atoms with E-state index in [1.54, 1.807) is 6.07 Å². The lowest BCUT2D eigenvalue weighted by atomic mass is 10.1. The molecule has 0 radical (unpaired) electrons. The van der Waals surface area contributed by atoms with Crippen LogP contribution in [-0.2, 0) is 6.54 Å². The molecule has 19 heavy (non-hydrogen) atoms. The monoisotopic (exact) mass is 287 g/mol. The van der Waals surface area contributed by atoms with Crippen molar-refractivity contribution in [1.82, 2.24) is 4.90 Å². The highest BCUT2D eigenvalue weighted by Gasteiger charge is 2.13. The van der Waals surface area contributed by atoms with Gasteiger partial charge in [-0.1, -0.05) is 16.8 Å². The molecule has 3 N–H and O–H groups in total. The zero-order valence-electron chi connectivity index (χ0n) is 11.1. The third-order valence-corrected chi connectivity index (χ3v) is 3.13. The first-order chi connectivity index (χ1) is 8.93. The van der Waals surface area contributed by atoms with E-state index in [1.165, 1.54) is 12.1 Å². The smallest absolute Gasteiger partial charge is 0.140 e. The molecular formula is C13H19ClFN3O. The van der Waals surface area contributed by atoms with E-state index in [4.69, 9.17) is 22.5 Å². The SMILES string of the molecule is CC(C)N(CC/C(N)=N/O)Cc1cc(Cl)ccc1F. The highest BCUT2D eigenvalue weighted by Crippen LogP contribution is 2.18. The Balaban J connectivity index is 2.75. The minimum Gasteiger partial charge on any atom is -0.409 e. The van der Waals surface area contributed by atoms with Gasteiger partial charge in [0, 0.05) is 36.1 Å². The van der Waals surface area contributed by atoms with Gasteiger partial charge in [-0.05, 0) is 32.0 Å². The summed E-state index contributed by atoms with van der Waals surface area (Å²) in [4.78, 5) is 2.03. The van der Waals surface area contributed by atoms with Gasteiger partial charge in [-0.2, -0.15) is 0 Å². The standard InChI is InChI=1S/C13H19ClFN3O/c1-9(2)18(6-5-13(16)17-19)8-10-7-11(14)3-4-12(10)15/h3-4,7,9,19H,5-6,8H2,1-2H3,(H2,16,17). The number of rotatable bonds is 6. The van der Waals surface area contributed by atoms with Crippen LogP contribution in [0.3, 0.4) is 0 Å². The van der Waals surface area contributed by atoms with Gasteiger partial charge in [0.05, 0.1) is 0 Å². The Hall–Kier alpha value is -1.33.